The van der Waals surface area contributed by atoms with E-state index in [1.807, 2.05) is 6.92 Å². The average molecular weight is 314 g/mol. The van der Waals surface area contributed by atoms with Gasteiger partial charge in [0.25, 0.3) is 5.91 Å². The van der Waals surface area contributed by atoms with Crippen LogP contribution in [0.25, 0.3) is 0 Å². The highest BCUT2D eigenvalue weighted by Gasteiger charge is 2.28. The Morgan fingerprint density at radius 1 is 1.50 bits per heavy atom. The molecule has 98 valence electrons. The van der Waals surface area contributed by atoms with Crippen LogP contribution < -0.4 is 0 Å². The van der Waals surface area contributed by atoms with E-state index in [0.29, 0.717) is 23.8 Å². The van der Waals surface area contributed by atoms with Crippen molar-refractivity contribution in [3.63, 3.8) is 0 Å². The van der Waals surface area contributed by atoms with Crippen molar-refractivity contribution in [1.82, 2.24) is 4.90 Å². The van der Waals surface area contributed by atoms with E-state index in [2.05, 4.69) is 22.9 Å². The van der Waals surface area contributed by atoms with Crippen LogP contribution in [0.1, 0.15) is 29.3 Å². The number of rotatable bonds is 1. The van der Waals surface area contributed by atoms with Gasteiger partial charge in [0.2, 0.25) is 0 Å². The summed E-state index contributed by atoms with van der Waals surface area (Å²) in [5.41, 5.74) is 1.09. The van der Waals surface area contributed by atoms with Gasteiger partial charge in [0, 0.05) is 17.9 Å². The van der Waals surface area contributed by atoms with E-state index in [1.54, 1.807) is 17.0 Å². The predicted octanol–water partition coefficient (Wildman–Crippen LogP) is 3.38. The normalized spacial score (nSPS) is 24.1. The molecule has 1 aromatic rings. The van der Waals surface area contributed by atoms with Crippen molar-refractivity contribution >= 4 is 21.8 Å². The third-order valence-corrected chi connectivity index (χ3v) is 4.70. The molecule has 4 heteroatoms. The van der Waals surface area contributed by atoms with E-state index in [0.717, 1.165) is 12.0 Å². The minimum atomic E-state index is -0.435. The SMILES string of the molecule is Cc1ccc(F)c(C(=O)N2CCC(C)C(Br)C2)c1. The molecule has 0 radical (unpaired) electrons. The highest BCUT2D eigenvalue weighted by Crippen LogP contribution is 2.25. The first-order valence-electron chi connectivity index (χ1n) is 6.18. The number of carbonyl (C=O) groups excluding carboxylic acids is 1. The van der Waals surface area contributed by atoms with Gasteiger partial charge in [0.1, 0.15) is 5.82 Å². The molecule has 1 saturated heterocycles. The second-order valence-corrected chi connectivity index (χ2v) is 6.19. The van der Waals surface area contributed by atoms with Gasteiger partial charge in [-0.15, -0.1) is 0 Å². The molecule has 2 rings (SSSR count). The molecule has 1 fully saturated rings. The highest BCUT2D eigenvalue weighted by molar-refractivity contribution is 9.09. The number of nitrogens with zero attached hydrogens (tertiary/aromatic N) is 1. The minimum absolute atomic E-state index is 0.184. The van der Waals surface area contributed by atoms with Crippen molar-refractivity contribution in [3.05, 3.63) is 35.1 Å². The number of likely N-dealkylation sites (tertiary alicyclic amines) is 1. The summed E-state index contributed by atoms with van der Waals surface area (Å²) >= 11 is 3.58. The van der Waals surface area contributed by atoms with Crippen molar-refractivity contribution in [2.24, 2.45) is 5.92 Å². The summed E-state index contributed by atoms with van der Waals surface area (Å²) < 4.78 is 13.7. The zero-order chi connectivity index (χ0) is 13.3. The lowest BCUT2D eigenvalue weighted by Crippen LogP contribution is -2.43. The minimum Gasteiger partial charge on any atom is -0.337 e. The number of aryl methyl sites for hydroxylation is 1. The monoisotopic (exact) mass is 313 g/mol. The largest absolute Gasteiger partial charge is 0.337 e. The maximum atomic E-state index is 13.7. The number of carbonyl (C=O) groups is 1. The summed E-state index contributed by atoms with van der Waals surface area (Å²) in [5.74, 6) is -0.0840. The zero-order valence-corrected chi connectivity index (χ0v) is 12.2. The maximum Gasteiger partial charge on any atom is 0.256 e. The second-order valence-electron chi connectivity index (χ2n) is 5.02. The number of hydrogen-bond acceptors (Lipinski definition) is 1. The van der Waals surface area contributed by atoms with E-state index in [4.69, 9.17) is 0 Å². The number of benzene rings is 1. The first kappa shape index (κ1) is 13.5. The fourth-order valence-electron chi connectivity index (χ4n) is 2.18. The van der Waals surface area contributed by atoms with Crippen molar-refractivity contribution < 1.29 is 9.18 Å². The van der Waals surface area contributed by atoms with Crippen LogP contribution in [0, 0.1) is 18.7 Å². The summed E-state index contributed by atoms with van der Waals surface area (Å²) in [5, 5.41) is 0. The first-order chi connectivity index (χ1) is 8.49. The Morgan fingerprint density at radius 2 is 2.22 bits per heavy atom. The van der Waals surface area contributed by atoms with Gasteiger partial charge in [-0.05, 0) is 31.4 Å². The fourth-order valence-corrected chi connectivity index (χ4v) is 2.79. The van der Waals surface area contributed by atoms with Gasteiger partial charge in [0.15, 0.2) is 0 Å². The smallest absolute Gasteiger partial charge is 0.256 e. The number of halogens is 2. The Balaban J connectivity index is 2.19. The van der Waals surface area contributed by atoms with Crippen molar-refractivity contribution in [3.8, 4) is 0 Å². The molecular weight excluding hydrogens is 297 g/mol. The quantitative estimate of drug-likeness (QED) is 0.728. The molecule has 1 heterocycles. The summed E-state index contributed by atoms with van der Waals surface area (Å²) in [6, 6.07) is 4.66. The van der Waals surface area contributed by atoms with E-state index >= 15 is 0 Å². The molecule has 1 amide bonds. The Labute approximate surface area is 115 Å². The molecule has 0 N–H and O–H groups in total. The number of alkyl halides is 1. The highest BCUT2D eigenvalue weighted by atomic mass is 79.9. The third kappa shape index (κ3) is 2.74. The molecule has 0 bridgehead atoms. The van der Waals surface area contributed by atoms with Gasteiger partial charge >= 0.3 is 0 Å². The molecule has 1 aromatic carbocycles. The van der Waals surface area contributed by atoms with Gasteiger partial charge in [-0.1, -0.05) is 34.5 Å². The lowest BCUT2D eigenvalue weighted by molar-refractivity contribution is 0.0701. The lowest BCUT2D eigenvalue weighted by atomic mass is 9.98. The maximum absolute atomic E-state index is 13.7. The summed E-state index contributed by atoms with van der Waals surface area (Å²) in [7, 11) is 0. The lowest BCUT2D eigenvalue weighted by Gasteiger charge is -2.34. The predicted molar refractivity (Wildman–Crippen MR) is 73.5 cm³/mol. The summed E-state index contributed by atoms with van der Waals surface area (Å²) in [6.45, 7) is 5.37. The van der Waals surface area contributed by atoms with Gasteiger partial charge in [-0.2, -0.15) is 0 Å². The van der Waals surface area contributed by atoms with Gasteiger partial charge < -0.3 is 4.90 Å². The Morgan fingerprint density at radius 3 is 2.89 bits per heavy atom. The molecule has 0 saturated carbocycles. The van der Waals surface area contributed by atoms with Crippen LogP contribution in [0.5, 0.6) is 0 Å². The van der Waals surface area contributed by atoms with E-state index in [1.165, 1.54) is 6.07 Å². The first-order valence-corrected chi connectivity index (χ1v) is 7.10. The van der Waals surface area contributed by atoms with Gasteiger partial charge in [0.05, 0.1) is 5.56 Å². The summed E-state index contributed by atoms with van der Waals surface area (Å²) in [6.07, 6.45) is 0.953. The summed E-state index contributed by atoms with van der Waals surface area (Å²) in [4.78, 5) is 14.3. The third-order valence-electron chi connectivity index (χ3n) is 3.51. The number of hydrogen-bond donors (Lipinski definition) is 0. The molecular formula is C14H17BrFNO. The Kier molecular flexibility index (Phi) is 4.05. The van der Waals surface area contributed by atoms with Crippen LogP contribution in [0.4, 0.5) is 4.39 Å². The van der Waals surface area contributed by atoms with Crippen LogP contribution in [0.2, 0.25) is 0 Å². The molecule has 18 heavy (non-hydrogen) atoms. The van der Waals surface area contributed by atoms with Gasteiger partial charge in [-0.25, -0.2) is 4.39 Å². The van der Waals surface area contributed by atoms with Crippen molar-refractivity contribution in [2.45, 2.75) is 25.1 Å². The van der Waals surface area contributed by atoms with Crippen LogP contribution in [0.15, 0.2) is 18.2 Å². The van der Waals surface area contributed by atoms with Crippen LogP contribution in [-0.2, 0) is 0 Å². The Hall–Kier alpha value is -0.900. The molecule has 2 atom stereocenters. The van der Waals surface area contributed by atoms with E-state index in [9.17, 15) is 9.18 Å². The number of piperidine rings is 1. The van der Waals surface area contributed by atoms with Crippen LogP contribution in [-0.4, -0.2) is 28.7 Å². The van der Waals surface area contributed by atoms with E-state index in [-0.39, 0.29) is 11.5 Å². The molecule has 1 aliphatic rings. The average Bonchev–Trinajstić information content (AvgIpc) is 2.35. The number of amides is 1. The fraction of sp³-hybridized carbons (Fsp3) is 0.500. The van der Waals surface area contributed by atoms with Crippen LogP contribution >= 0.6 is 15.9 Å². The van der Waals surface area contributed by atoms with Crippen molar-refractivity contribution in [1.29, 1.82) is 0 Å². The molecule has 2 unspecified atom stereocenters. The van der Waals surface area contributed by atoms with E-state index < -0.39 is 5.82 Å². The van der Waals surface area contributed by atoms with Gasteiger partial charge in [-0.3, -0.25) is 4.79 Å². The molecule has 2 nitrogen and oxygen atoms in total. The zero-order valence-electron chi connectivity index (χ0n) is 10.6. The second kappa shape index (κ2) is 5.39. The van der Waals surface area contributed by atoms with Crippen molar-refractivity contribution in [2.75, 3.05) is 13.1 Å². The van der Waals surface area contributed by atoms with Crippen LogP contribution in [0.3, 0.4) is 0 Å². The topological polar surface area (TPSA) is 20.3 Å². The Bertz CT molecular complexity index is 463. The molecule has 0 aliphatic carbocycles. The standard InChI is InChI=1S/C14H17BrFNO/c1-9-3-4-13(16)11(7-9)14(18)17-6-5-10(2)12(15)8-17/h3-4,7,10,12H,5-6,8H2,1-2H3. The molecule has 0 aromatic heterocycles. The molecule has 1 aliphatic heterocycles. The molecule has 0 spiro atoms.